The molecule has 7 nitrogen and oxygen atoms in total. The standard InChI is InChI=1S/C10H18BN3O4/c1-16-10(17-2)9(15)8(14-6-18-11)3-7-4-12-5-13-7/h4-6,8-10,15H,3,11H2,1-2H3,(H,12,13). The first-order valence-corrected chi connectivity index (χ1v) is 5.48. The summed E-state index contributed by atoms with van der Waals surface area (Å²) in [6.45, 7) is 0. The van der Waals surface area contributed by atoms with E-state index in [1.807, 2.05) is 0 Å². The molecule has 1 rings (SSSR count). The highest BCUT2D eigenvalue weighted by Crippen LogP contribution is 2.12. The third kappa shape index (κ3) is 4.13. The fraction of sp³-hybridized carbons (Fsp3) is 0.600. The number of hydrogen-bond donors (Lipinski definition) is 2. The molecular weight excluding hydrogens is 237 g/mol. The SMILES string of the molecule is BOC=NC(Cc1c[nH]cn1)C(O)C(OC)OC. The molecule has 2 unspecified atom stereocenters. The quantitative estimate of drug-likeness (QED) is 0.266. The van der Waals surface area contributed by atoms with Gasteiger partial charge in [0.25, 0.3) is 0 Å². The molecule has 1 aromatic heterocycles. The molecule has 0 amide bonds. The van der Waals surface area contributed by atoms with Crippen LogP contribution in [-0.4, -0.2) is 62.2 Å². The average Bonchev–Trinajstić information content (AvgIpc) is 2.88. The van der Waals surface area contributed by atoms with Gasteiger partial charge in [0, 0.05) is 26.8 Å². The van der Waals surface area contributed by atoms with Gasteiger partial charge in [-0.3, -0.25) is 4.99 Å². The van der Waals surface area contributed by atoms with Gasteiger partial charge in [0.1, 0.15) is 6.10 Å². The van der Waals surface area contributed by atoms with E-state index >= 15 is 0 Å². The van der Waals surface area contributed by atoms with Gasteiger partial charge in [0.15, 0.2) is 12.7 Å². The average molecular weight is 255 g/mol. The number of rotatable bonds is 8. The molecule has 100 valence electrons. The van der Waals surface area contributed by atoms with E-state index < -0.39 is 18.4 Å². The topological polar surface area (TPSA) is 89.0 Å². The van der Waals surface area contributed by atoms with Crippen LogP contribution in [0.1, 0.15) is 5.69 Å². The molecule has 0 saturated heterocycles. The number of imidazole rings is 1. The number of aromatic amines is 1. The molecule has 0 aliphatic heterocycles. The third-order valence-corrected chi connectivity index (χ3v) is 2.47. The molecular formula is C10H18BN3O4. The second kappa shape index (κ2) is 7.86. The van der Waals surface area contributed by atoms with Crippen LogP contribution in [0, 0.1) is 0 Å². The fourth-order valence-electron chi connectivity index (χ4n) is 1.57. The molecule has 0 fully saturated rings. The Bertz CT molecular complexity index is 343. The van der Waals surface area contributed by atoms with Crippen molar-refractivity contribution in [3.05, 3.63) is 18.2 Å². The van der Waals surface area contributed by atoms with Crippen molar-refractivity contribution in [1.82, 2.24) is 9.97 Å². The van der Waals surface area contributed by atoms with Crippen molar-refractivity contribution in [3.63, 3.8) is 0 Å². The van der Waals surface area contributed by atoms with Crippen LogP contribution in [0.5, 0.6) is 0 Å². The zero-order valence-corrected chi connectivity index (χ0v) is 10.7. The third-order valence-electron chi connectivity index (χ3n) is 2.47. The smallest absolute Gasteiger partial charge is 0.323 e. The highest BCUT2D eigenvalue weighted by molar-refractivity contribution is 6.02. The first kappa shape index (κ1) is 14.7. The molecule has 0 aliphatic rings. The summed E-state index contributed by atoms with van der Waals surface area (Å²) in [5.41, 5.74) is 0.790. The van der Waals surface area contributed by atoms with E-state index in [4.69, 9.17) is 14.1 Å². The number of nitrogens with one attached hydrogen (secondary N) is 1. The summed E-state index contributed by atoms with van der Waals surface area (Å²) in [5, 5.41) is 10.1. The molecule has 0 radical (unpaired) electrons. The van der Waals surface area contributed by atoms with E-state index in [9.17, 15) is 5.11 Å². The van der Waals surface area contributed by atoms with Crippen molar-refractivity contribution in [2.75, 3.05) is 14.2 Å². The van der Waals surface area contributed by atoms with Gasteiger partial charge < -0.3 is 24.2 Å². The predicted octanol–water partition coefficient (Wildman–Crippen LogP) is -1.11. The molecule has 0 saturated carbocycles. The first-order valence-electron chi connectivity index (χ1n) is 5.48. The summed E-state index contributed by atoms with van der Waals surface area (Å²) in [6, 6.07) is -0.460. The Hall–Kier alpha value is -1.38. The second-order valence-electron chi connectivity index (χ2n) is 3.65. The van der Waals surface area contributed by atoms with Gasteiger partial charge >= 0.3 is 8.05 Å². The molecule has 0 aliphatic carbocycles. The number of ether oxygens (including phenoxy) is 2. The second-order valence-corrected chi connectivity index (χ2v) is 3.65. The van der Waals surface area contributed by atoms with Crippen LogP contribution < -0.4 is 0 Å². The summed E-state index contributed by atoms with van der Waals surface area (Å²) in [7, 11) is 4.41. The minimum Gasteiger partial charge on any atom is -0.560 e. The van der Waals surface area contributed by atoms with Crippen LogP contribution in [0.3, 0.4) is 0 Å². The normalized spacial score (nSPS) is 15.1. The van der Waals surface area contributed by atoms with Crippen LogP contribution in [0.25, 0.3) is 0 Å². The van der Waals surface area contributed by atoms with Crippen molar-refractivity contribution in [1.29, 1.82) is 0 Å². The van der Waals surface area contributed by atoms with Crippen molar-refractivity contribution in [2.45, 2.75) is 24.9 Å². The minimum atomic E-state index is -0.914. The van der Waals surface area contributed by atoms with Gasteiger partial charge in [-0.25, -0.2) is 4.98 Å². The lowest BCUT2D eigenvalue weighted by atomic mass is 10.1. The number of aromatic nitrogens is 2. The predicted molar refractivity (Wildman–Crippen MR) is 68.0 cm³/mol. The Balaban J connectivity index is 2.73. The minimum absolute atomic E-state index is 0.452. The lowest BCUT2D eigenvalue weighted by Crippen LogP contribution is -2.40. The highest BCUT2D eigenvalue weighted by Gasteiger charge is 2.28. The van der Waals surface area contributed by atoms with Crippen LogP contribution in [-0.2, 0) is 20.5 Å². The summed E-state index contributed by atoms with van der Waals surface area (Å²) in [5.74, 6) is 0. The lowest BCUT2D eigenvalue weighted by Gasteiger charge is -2.24. The zero-order chi connectivity index (χ0) is 13.4. The molecule has 0 aromatic carbocycles. The maximum atomic E-state index is 10.1. The van der Waals surface area contributed by atoms with Gasteiger partial charge in [-0.15, -0.1) is 0 Å². The molecule has 2 atom stereocenters. The molecule has 1 heterocycles. The van der Waals surface area contributed by atoms with Crippen molar-refractivity contribution in [2.24, 2.45) is 4.99 Å². The lowest BCUT2D eigenvalue weighted by molar-refractivity contribution is -0.169. The monoisotopic (exact) mass is 255 g/mol. The summed E-state index contributed by atoms with van der Waals surface area (Å²) < 4.78 is 14.8. The number of H-pyrrole nitrogens is 1. The van der Waals surface area contributed by atoms with E-state index in [0.717, 1.165) is 5.69 Å². The molecule has 8 heteroatoms. The van der Waals surface area contributed by atoms with E-state index in [1.54, 1.807) is 12.5 Å². The number of aliphatic imine (C=N–C) groups is 1. The van der Waals surface area contributed by atoms with Crippen LogP contribution in [0.4, 0.5) is 0 Å². The molecule has 0 spiro atoms. The van der Waals surface area contributed by atoms with E-state index in [-0.39, 0.29) is 0 Å². The first-order chi connectivity index (χ1) is 8.72. The maximum absolute atomic E-state index is 10.1. The molecule has 2 N–H and O–H groups in total. The van der Waals surface area contributed by atoms with Crippen molar-refractivity contribution >= 4 is 14.4 Å². The summed E-state index contributed by atoms with van der Waals surface area (Å²) in [6.07, 6.45) is 3.39. The van der Waals surface area contributed by atoms with Gasteiger partial charge in [0.2, 0.25) is 0 Å². The Labute approximate surface area is 107 Å². The molecule has 18 heavy (non-hydrogen) atoms. The summed E-state index contributed by atoms with van der Waals surface area (Å²) in [4.78, 5) is 11.1. The van der Waals surface area contributed by atoms with Crippen LogP contribution in [0.15, 0.2) is 17.5 Å². The Morgan fingerprint density at radius 2 is 2.28 bits per heavy atom. The number of hydrogen-bond acceptors (Lipinski definition) is 6. The maximum Gasteiger partial charge on any atom is 0.323 e. The highest BCUT2D eigenvalue weighted by atomic mass is 16.7. The van der Waals surface area contributed by atoms with Gasteiger partial charge in [0.05, 0.1) is 18.1 Å². The fourth-order valence-corrected chi connectivity index (χ4v) is 1.57. The largest absolute Gasteiger partial charge is 0.560 e. The Morgan fingerprint density at radius 3 is 2.78 bits per heavy atom. The molecule has 1 aromatic rings. The Kier molecular flexibility index (Phi) is 6.41. The number of methoxy groups -OCH3 is 2. The van der Waals surface area contributed by atoms with E-state index in [2.05, 4.69) is 15.0 Å². The zero-order valence-electron chi connectivity index (χ0n) is 10.7. The summed E-state index contributed by atoms with van der Waals surface area (Å²) >= 11 is 0. The van der Waals surface area contributed by atoms with Gasteiger partial charge in [-0.2, -0.15) is 0 Å². The van der Waals surface area contributed by atoms with Gasteiger partial charge in [-0.1, -0.05) is 0 Å². The van der Waals surface area contributed by atoms with Crippen LogP contribution in [0.2, 0.25) is 0 Å². The van der Waals surface area contributed by atoms with Gasteiger partial charge in [-0.05, 0) is 0 Å². The number of aliphatic hydroxyl groups excluding tert-OH is 1. The van der Waals surface area contributed by atoms with Crippen molar-refractivity contribution in [3.8, 4) is 0 Å². The Morgan fingerprint density at radius 1 is 1.56 bits per heavy atom. The van der Waals surface area contributed by atoms with Crippen LogP contribution >= 0.6 is 0 Å². The van der Waals surface area contributed by atoms with E-state index in [1.165, 1.54) is 28.7 Å². The van der Waals surface area contributed by atoms with E-state index in [0.29, 0.717) is 6.42 Å². The molecule has 0 bridgehead atoms. The number of nitrogens with zero attached hydrogens (tertiary/aromatic N) is 2. The van der Waals surface area contributed by atoms with Crippen molar-refractivity contribution < 1.29 is 19.2 Å². The number of aliphatic hydroxyl groups is 1.